The smallest absolute Gasteiger partial charge is 0.331 e. The molecule has 8 atom stereocenters. The highest BCUT2D eigenvalue weighted by atomic mass is 16.5. The molecule has 0 saturated heterocycles. The highest BCUT2D eigenvalue weighted by molar-refractivity contribution is 5.85. The van der Waals surface area contributed by atoms with Gasteiger partial charge in [-0.3, -0.25) is 19.2 Å². The Kier molecular flexibility index (Phi) is 8.41. The van der Waals surface area contributed by atoms with Crippen LogP contribution in [0.2, 0.25) is 0 Å². The summed E-state index contributed by atoms with van der Waals surface area (Å²) in [5.74, 6) is -4.39. The van der Waals surface area contributed by atoms with Crippen LogP contribution in [0.15, 0.2) is 11.6 Å². The van der Waals surface area contributed by atoms with Crippen LogP contribution in [0, 0.1) is 28.6 Å². The van der Waals surface area contributed by atoms with Crippen molar-refractivity contribution in [3.05, 3.63) is 11.6 Å². The van der Waals surface area contributed by atoms with Crippen LogP contribution in [0.4, 0.5) is 0 Å². The van der Waals surface area contributed by atoms with Crippen molar-refractivity contribution in [3.8, 4) is 0 Å². The lowest BCUT2D eigenvalue weighted by Gasteiger charge is -2.66. The van der Waals surface area contributed by atoms with Gasteiger partial charge in [0, 0.05) is 23.3 Å². The third kappa shape index (κ3) is 5.45. The molecule has 12 nitrogen and oxygen atoms in total. The van der Waals surface area contributed by atoms with E-state index in [1.54, 1.807) is 6.08 Å². The molecule has 5 aliphatic rings. The zero-order valence-electron chi connectivity index (χ0n) is 24.5. The van der Waals surface area contributed by atoms with Crippen LogP contribution < -0.4 is 0 Å². The van der Waals surface area contributed by atoms with Crippen LogP contribution in [0.25, 0.3) is 0 Å². The molecule has 4 saturated carbocycles. The summed E-state index contributed by atoms with van der Waals surface area (Å²) in [4.78, 5) is 58.7. The normalized spacial score (nSPS) is 39.9. The SMILES string of the molecule is C[C@]12CC[C@@H]3[C@H](CC[C@]4(O)C[C@H](OC(=O)CCC(=O)O)CC[C@]34COC(=O)CCC(=O)O)[C@]1(O)CC[C@@H]2C1=CC(=O)OC1. The Morgan fingerprint density at radius 2 is 1.56 bits per heavy atom. The summed E-state index contributed by atoms with van der Waals surface area (Å²) in [6.07, 6.45) is 3.66. The molecule has 0 bridgehead atoms. The second-order valence-electron chi connectivity index (χ2n) is 13.5. The summed E-state index contributed by atoms with van der Waals surface area (Å²) in [6.45, 7) is 2.16. The van der Waals surface area contributed by atoms with Crippen molar-refractivity contribution < 1.29 is 58.6 Å². The summed E-state index contributed by atoms with van der Waals surface area (Å²) in [6, 6.07) is 0. The first-order valence-electron chi connectivity index (χ1n) is 15.3. The number of hydrogen-bond acceptors (Lipinski definition) is 10. The van der Waals surface area contributed by atoms with Gasteiger partial charge in [-0.05, 0) is 74.7 Å². The lowest BCUT2D eigenvalue weighted by molar-refractivity contribution is -0.272. The van der Waals surface area contributed by atoms with Gasteiger partial charge in [0.15, 0.2) is 0 Å². The minimum absolute atomic E-state index is 0.0172. The molecule has 43 heavy (non-hydrogen) atoms. The van der Waals surface area contributed by atoms with E-state index >= 15 is 0 Å². The van der Waals surface area contributed by atoms with Gasteiger partial charge in [0.1, 0.15) is 12.7 Å². The van der Waals surface area contributed by atoms with E-state index < -0.39 is 52.0 Å². The van der Waals surface area contributed by atoms with E-state index in [-0.39, 0.29) is 75.5 Å². The van der Waals surface area contributed by atoms with Crippen LogP contribution in [0.1, 0.15) is 90.4 Å². The molecule has 5 rings (SSSR count). The molecule has 0 unspecified atom stereocenters. The maximum Gasteiger partial charge on any atom is 0.331 e. The number of carbonyl (C=O) groups excluding carboxylic acids is 3. The maximum absolute atomic E-state index is 12.6. The second kappa shape index (κ2) is 11.5. The monoisotopic (exact) mass is 606 g/mol. The lowest BCUT2D eigenvalue weighted by atomic mass is 9.41. The van der Waals surface area contributed by atoms with Gasteiger partial charge in [-0.2, -0.15) is 0 Å². The van der Waals surface area contributed by atoms with Crippen LogP contribution >= 0.6 is 0 Å². The Balaban J connectivity index is 1.41. The molecule has 0 aromatic carbocycles. The standard InChI is InChI=1S/C31H42O12/c1-28-10-7-21-22(31(28,40)13-9-20(28)18-14-27(38)41-16-18)8-12-30(39)15-19(43-26(37)5-3-24(34)35)6-11-29(21,30)17-42-25(36)4-2-23(32)33/h14,19-22,39-40H,2-13,15-17H2,1H3,(H,32,33)(H,34,35)/t19-,20-,21-,22+,28-,29+,30+,31-/m1/s1. The number of ether oxygens (including phenoxy) is 3. The van der Waals surface area contributed by atoms with Crippen molar-refractivity contribution in [2.45, 2.75) is 108 Å². The second-order valence-corrected chi connectivity index (χ2v) is 13.5. The number of hydrogen-bond donors (Lipinski definition) is 4. The molecular weight excluding hydrogens is 564 g/mol. The fourth-order valence-corrected chi connectivity index (χ4v) is 9.51. The fraction of sp³-hybridized carbons (Fsp3) is 0.774. The van der Waals surface area contributed by atoms with Crippen molar-refractivity contribution in [1.82, 2.24) is 0 Å². The van der Waals surface area contributed by atoms with Crippen LogP contribution in [0.3, 0.4) is 0 Å². The molecule has 1 aliphatic heterocycles. The summed E-state index contributed by atoms with van der Waals surface area (Å²) >= 11 is 0. The number of carboxylic acids is 2. The maximum atomic E-state index is 12.6. The number of carboxylic acid groups (broad SMARTS) is 2. The summed E-state index contributed by atoms with van der Waals surface area (Å²) in [7, 11) is 0. The minimum Gasteiger partial charge on any atom is -0.481 e. The fourth-order valence-electron chi connectivity index (χ4n) is 9.51. The number of esters is 3. The molecule has 0 aromatic heterocycles. The predicted octanol–water partition coefficient (Wildman–Crippen LogP) is 2.52. The Morgan fingerprint density at radius 3 is 2.21 bits per heavy atom. The highest BCUT2D eigenvalue weighted by Crippen LogP contribution is 2.70. The third-order valence-corrected chi connectivity index (χ3v) is 11.6. The van der Waals surface area contributed by atoms with Gasteiger partial charge in [-0.1, -0.05) is 6.92 Å². The average molecular weight is 607 g/mol. The van der Waals surface area contributed by atoms with Crippen molar-refractivity contribution >= 4 is 29.8 Å². The highest BCUT2D eigenvalue weighted by Gasteiger charge is 2.71. The number of aliphatic carboxylic acids is 2. The van der Waals surface area contributed by atoms with Gasteiger partial charge < -0.3 is 34.6 Å². The van der Waals surface area contributed by atoms with E-state index in [1.807, 2.05) is 0 Å². The largest absolute Gasteiger partial charge is 0.481 e. The summed E-state index contributed by atoms with van der Waals surface area (Å²) in [5.41, 5.74) is -3.05. The van der Waals surface area contributed by atoms with Gasteiger partial charge in [0.25, 0.3) is 0 Å². The van der Waals surface area contributed by atoms with Crippen molar-refractivity contribution in [3.63, 3.8) is 0 Å². The quantitative estimate of drug-likeness (QED) is 0.210. The van der Waals surface area contributed by atoms with Crippen LogP contribution in [-0.2, 0) is 38.2 Å². The summed E-state index contributed by atoms with van der Waals surface area (Å²) in [5, 5.41) is 42.8. The molecule has 238 valence electrons. The Bertz CT molecular complexity index is 1210. The van der Waals surface area contributed by atoms with Crippen LogP contribution in [-0.4, -0.2) is 80.8 Å². The third-order valence-electron chi connectivity index (χ3n) is 11.6. The topological polar surface area (TPSA) is 194 Å². The number of carbonyl (C=O) groups is 5. The molecule has 4 N–H and O–H groups in total. The zero-order chi connectivity index (χ0) is 31.2. The molecule has 1 heterocycles. The molecular formula is C31H42O12. The molecule has 0 amide bonds. The molecule has 0 radical (unpaired) electrons. The Morgan fingerprint density at radius 1 is 0.884 bits per heavy atom. The van der Waals surface area contributed by atoms with Gasteiger partial charge in [0.2, 0.25) is 0 Å². The van der Waals surface area contributed by atoms with Gasteiger partial charge in [0.05, 0.1) is 43.5 Å². The van der Waals surface area contributed by atoms with E-state index in [1.165, 1.54) is 0 Å². The van der Waals surface area contributed by atoms with Crippen molar-refractivity contribution in [1.29, 1.82) is 0 Å². The van der Waals surface area contributed by atoms with Gasteiger partial charge in [-0.25, -0.2) is 4.79 Å². The first kappa shape index (κ1) is 31.4. The van der Waals surface area contributed by atoms with E-state index in [0.717, 1.165) is 5.57 Å². The number of fused-ring (bicyclic) bond motifs is 5. The molecule has 4 fully saturated rings. The molecule has 0 spiro atoms. The first-order valence-corrected chi connectivity index (χ1v) is 15.3. The summed E-state index contributed by atoms with van der Waals surface area (Å²) < 4.78 is 16.5. The lowest BCUT2D eigenvalue weighted by Crippen LogP contribution is -2.69. The number of aliphatic hydroxyl groups is 2. The molecule has 0 aromatic rings. The average Bonchev–Trinajstić information content (AvgIpc) is 3.49. The van der Waals surface area contributed by atoms with Crippen molar-refractivity contribution in [2.24, 2.45) is 28.6 Å². The Hall–Kier alpha value is -2.99. The van der Waals surface area contributed by atoms with Crippen molar-refractivity contribution in [2.75, 3.05) is 13.2 Å². The van der Waals surface area contributed by atoms with E-state index in [9.17, 15) is 34.2 Å². The molecule has 4 aliphatic carbocycles. The number of cyclic esters (lactones) is 1. The van der Waals surface area contributed by atoms with E-state index in [2.05, 4.69) is 6.92 Å². The number of rotatable bonds is 10. The van der Waals surface area contributed by atoms with E-state index in [4.69, 9.17) is 24.4 Å². The van der Waals surface area contributed by atoms with Crippen LogP contribution in [0.5, 0.6) is 0 Å². The van der Waals surface area contributed by atoms with Gasteiger partial charge >= 0.3 is 29.8 Å². The predicted molar refractivity (Wildman–Crippen MR) is 146 cm³/mol. The van der Waals surface area contributed by atoms with E-state index in [0.29, 0.717) is 44.9 Å². The minimum atomic E-state index is -1.40. The Labute approximate surface area is 249 Å². The first-order chi connectivity index (χ1) is 20.2. The zero-order valence-corrected chi connectivity index (χ0v) is 24.5. The molecule has 12 heteroatoms. The van der Waals surface area contributed by atoms with Gasteiger partial charge in [-0.15, -0.1) is 0 Å².